The minimum Gasteiger partial charge on any atom is -0.504 e. The number of aryl methyl sites for hydroxylation is 1. The molecule has 0 unspecified atom stereocenters. The van der Waals surface area contributed by atoms with E-state index in [1.54, 1.807) is 6.07 Å². The maximum atomic E-state index is 9.36. The van der Waals surface area contributed by atoms with Crippen LogP contribution in [0.5, 0.6) is 11.5 Å². The van der Waals surface area contributed by atoms with Crippen molar-refractivity contribution in [2.24, 2.45) is 0 Å². The van der Waals surface area contributed by atoms with E-state index in [1.165, 1.54) is 6.26 Å². The number of aromatic hydroxyl groups is 1. The Morgan fingerprint density at radius 2 is 2.27 bits per heavy atom. The number of ether oxygens (including phenoxy) is 1. The molecule has 2 nitrogen and oxygen atoms in total. The van der Waals surface area contributed by atoms with Crippen molar-refractivity contribution in [1.29, 1.82) is 0 Å². The average Bonchev–Trinajstić information content (AvgIpc) is 1.99. The van der Waals surface area contributed by atoms with Gasteiger partial charge in [-0.25, -0.2) is 0 Å². The van der Waals surface area contributed by atoms with Crippen LogP contribution in [-0.4, -0.2) is 5.11 Å². The van der Waals surface area contributed by atoms with Crippen molar-refractivity contribution in [3.8, 4) is 11.5 Å². The second-order valence-electron chi connectivity index (χ2n) is 2.21. The van der Waals surface area contributed by atoms with Crippen LogP contribution in [0.1, 0.15) is 5.56 Å². The highest BCUT2D eigenvalue weighted by Crippen LogP contribution is 2.28. The molecule has 0 bridgehead atoms. The molecular formula is C9H10O2. The second-order valence-corrected chi connectivity index (χ2v) is 2.21. The lowest BCUT2D eigenvalue weighted by molar-refractivity contribution is 0.408. The third-order valence-electron chi connectivity index (χ3n) is 1.41. The molecule has 0 heterocycles. The minimum atomic E-state index is 0.174. The maximum absolute atomic E-state index is 9.36. The topological polar surface area (TPSA) is 29.5 Å². The fraction of sp³-hybridized carbons (Fsp3) is 0.111. The molecule has 0 spiro atoms. The fourth-order valence-electron chi connectivity index (χ4n) is 0.817. The van der Waals surface area contributed by atoms with E-state index < -0.39 is 0 Å². The smallest absolute Gasteiger partial charge is 0.168 e. The molecule has 1 N–H and O–H groups in total. The van der Waals surface area contributed by atoms with Crippen molar-refractivity contribution >= 4 is 0 Å². The standard InChI is InChI=1S/C9H10O2/c1-3-11-8-6-4-5-7(2)9(8)10/h3-6,10H,1H2,2H3. The zero-order valence-electron chi connectivity index (χ0n) is 6.37. The van der Waals surface area contributed by atoms with Crippen LogP contribution in [0.2, 0.25) is 0 Å². The van der Waals surface area contributed by atoms with Gasteiger partial charge >= 0.3 is 0 Å². The Kier molecular flexibility index (Phi) is 2.16. The largest absolute Gasteiger partial charge is 0.504 e. The molecule has 11 heavy (non-hydrogen) atoms. The number of phenolic OH excluding ortho intramolecular Hbond substituents is 1. The predicted octanol–water partition coefficient (Wildman–Crippen LogP) is 2.22. The lowest BCUT2D eigenvalue weighted by Gasteiger charge is -2.03. The molecule has 2 heteroatoms. The molecule has 58 valence electrons. The molecule has 0 aliphatic heterocycles. The summed E-state index contributed by atoms with van der Waals surface area (Å²) in [5.41, 5.74) is 0.796. The van der Waals surface area contributed by atoms with Gasteiger partial charge in [-0.1, -0.05) is 18.7 Å². The molecular weight excluding hydrogens is 140 g/mol. The van der Waals surface area contributed by atoms with Crippen LogP contribution in [0.3, 0.4) is 0 Å². The molecule has 1 rings (SSSR count). The van der Waals surface area contributed by atoms with Crippen LogP contribution < -0.4 is 4.74 Å². The Morgan fingerprint density at radius 1 is 1.55 bits per heavy atom. The van der Waals surface area contributed by atoms with E-state index in [2.05, 4.69) is 6.58 Å². The zero-order chi connectivity index (χ0) is 8.27. The summed E-state index contributed by atoms with van der Waals surface area (Å²) in [6.45, 7) is 5.20. The second kappa shape index (κ2) is 3.10. The van der Waals surface area contributed by atoms with Crippen LogP contribution >= 0.6 is 0 Å². The fourth-order valence-corrected chi connectivity index (χ4v) is 0.817. The van der Waals surface area contributed by atoms with Gasteiger partial charge in [0.2, 0.25) is 0 Å². The highest BCUT2D eigenvalue weighted by molar-refractivity contribution is 5.44. The molecule has 0 aliphatic carbocycles. The van der Waals surface area contributed by atoms with Crippen molar-refractivity contribution < 1.29 is 9.84 Å². The van der Waals surface area contributed by atoms with Gasteiger partial charge in [-0.2, -0.15) is 0 Å². The first-order valence-corrected chi connectivity index (χ1v) is 3.32. The number of benzene rings is 1. The van der Waals surface area contributed by atoms with Gasteiger partial charge in [-0.3, -0.25) is 0 Å². The van der Waals surface area contributed by atoms with E-state index in [1.807, 2.05) is 19.1 Å². The predicted molar refractivity (Wildman–Crippen MR) is 43.7 cm³/mol. The van der Waals surface area contributed by atoms with Crippen LogP contribution in [0.4, 0.5) is 0 Å². The highest BCUT2D eigenvalue weighted by atomic mass is 16.5. The molecule has 0 saturated carbocycles. The summed E-state index contributed by atoms with van der Waals surface area (Å²) in [7, 11) is 0. The van der Waals surface area contributed by atoms with E-state index in [0.29, 0.717) is 5.75 Å². The molecule has 1 aromatic rings. The van der Waals surface area contributed by atoms with Gasteiger partial charge in [0, 0.05) is 0 Å². The van der Waals surface area contributed by atoms with Crippen LogP contribution in [0.15, 0.2) is 31.0 Å². The summed E-state index contributed by atoms with van der Waals surface area (Å²) >= 11 is 0. The zero-order valence-corrected chi connectivity index (χ0v) is 6.37. The van der Waals surface area contributed by atoms with E-state index in [-0.39, 0.29) is 5.75 Å². The molecule has 0 fully saturated rings. The molecule has 0 atom stereocenters. The van der Waals surface area contributed by atoms with Gasteiger partial charge in [0.05, 0.1) is 6.26 Å². The van der Waals surface area contributed by atoms with E-state index in [0.717, 1.165) is 5.56 Å². The molecule has 0 aromatic heterocycles. The lowest BCUT2D eigenvalue weighted by atomic mass is 10.2. The first-order chi connectivity index (χ1) is 5.25. The van der Waals surface area contributed by atoms with E-state index in [9.17, 15) is 5.11 Å². The number of hydrogen-bond acceptors (Lipinski definition) is 2. The van der Waals surface area contributed by atoms with Gasteiger partial charge in [-0.05, 0) is 18.6 Å². The highest BCUT2D eigenvalue weighted by Gasteiger charge is 2.01. The molecule has 0 aliphatic rings. The van der Waals surface area contributed by atoms with Gasteiger partial charge < -0.3 is 9.84 Å². The average molecular weight is 150 g/mol. The lowest BCUT2D eigenvalue weighted by Crippen LogP contribution is -1.83. The van der Waals surface area contributed by atoms with E-state index in [4.69, 9.17) is 4.74 Å². The maximum Gasteiger partial charge on any atom is 0.168 e. The first-order valence-electron chi connectivity index (χ1n) is 3.32. The van der Waals surface area contributed by atoms with Crippen LogP contribution in [0, 0.1) is 6.92 Å². The summed E-state index contributed by atoms with van der Waals surface area (Å²) < 4.78 is 4.93. The summed E-state index contributed by atoms with van der Waals surface area (Å²) in [5.74, 6) is 0.618. The Labute approximate surface area is 65.7 Å². The monoisotopic (exact) mass is 150 g/mol. The Bertz CT molecular complexity index is 266. The summed E-state index contributed by atoms with van der Waals surface area (Å²) in [4.78, 5) is 0. The summed E-state index contributed by atoms with van der Waals surface area (Å²) in [6, 6.07) is 5.31. The Morgan fingerprint density at radius 3 is 2.91 bits per heavy atom. The molecule has 1 aromatic carbocycles. The third-order valence-corrected chi connectivity index (χ3v) is 1.41. The van der Waals surface area contributed by atoms with Crippen molar-refractivity contribution in [1.82, 2.24) is 0 Å². The van der Waals surface area contributed by atoms with Crippen molar-refractivity contribution in [2.75, 3.05) is 0 Å². The van der Waals surface area contributed by atoms with Crippen molar-refractivity contribution in [3.05, 3.63) is 36.6 Å². The molecule has 0 amide bonds. The van der Waals surface area contributed by atoms with Crippen molar-refractivity contribution in [3.63, 3.8) is 0 Å². The van der Waals surface area contributed by atoms with Crippen LogP contribution in [0.25, 0.3) is 0 Å². The molecule has 0 saturated heterocycles. The number of phenols is 1. The first kappa shape index (κ1) is 7.66. The van der Waals surface area contributed by atoms with Crippen molar-refractivity contribution in [2.45, 2.75) is 6.92 Å². The van der Waals surface area contributed by atoms with Gasteiger partial charge in [0.15, 0.2) is 11.5 Å². The quantitative estimate of drug-likeness (QED) is 0.655. The Balaban J connectivity index is 3.05. The summed E-state index contributed by atoms with van der Waals surface area (Å²) in [6.07, 6.45) is 1.29. The third kappa shape index (κ3) is 1.52. The van der Waals surface area contributed by atoms with Gasteiger partial charge in [0.1, 0.15) is 0 Å². The normalized spacial score (nSPS) is 9.18. The van der Waals surface area contributed by atoms with E-state index >= 15 is 0 Å². The minimum absolute atomic E-state index is 0.174. The number of hydrogen-bond donors (Lipinski definition) is 1. The van der Waals surface area contributed by atoms with Gasteiger partial charge in [0.25, 0.3) is 0 Å². The summed E-state index contributed by atoms with van der Waals surface area (Å²) in [5, 5.41) is 9.36. The molecule has 0 radical (unpaired) electrons. The SMILES string of the molecule is C=COc1cccc(C)c1O. The number of para-hydroxylation sites is 1. The number of rotatable bonds is 2. The van der Waals surface area contributed by atoms with Crippen LogP contribution in [-0.2, 0) is 0 Å². The van der Waals surface area contributed by atoms with Gasteiger partial charge in [-0.15, -0.1) is 0 Å². The Hall–Kier alpha value is -1.44.